The van der Waals surface area contributed by atoms with Crippen molar-refractivity contribution in [3.63, 3.8) is 0 Å². The summed E-state index contributed by atoms with van der Waals surface area (Å²) in [6, 6.07) is 7.88. The molecule has 1 aromatic carbocycles. The predicted octanol–water partition coefficient (Wildman–Crippen LogP) is 3.60. The van der Waals surface area contributed by atoms with Crippen LogP contribution < -0.4 is 5.32 Å². The topological polar surface area (TPSA) is 57.5 Å². The van der Waals surface area contributed by atoms with Crippen LogP contribution in [0.2, 0.25) is 0 Å². The van der Waals surface area contributed by atoms with Crippen LogP contribution in [0.25, 0.3) is 10.9 Å². The lowest BCUT2D eigenvalue weighted by Gasteiger charge is -2.45. The number of benzene rings is 1. The Labute approximate surface area is 179 Å². The molecule has 5 nitrogen and oxygen atoms in total. The molecule has 0 spiro atoms. The first-order valence-electron chi connectivity index (χ1n) is 11.7. The Hall–Kier alpha value is -1.85. The molecular formula is C25H35N3O2. The third kappa shape index (κ3) is 3.36. The summed E-state index contributed by atoms with van der Waals surface area (Å²) in [6.45, 7) is 5.33. The zero-order chi connectivity index (χ0) is 21.0. The summed E-state index contributed by atoms with van der Waals surface area (Å²) < 4.78 is 2.41. The molecule has 3 aliphatic rings. The number of carbonyl (C=O) groups excluding carboxylic acids is 1. The number of nitrogens with zero attached hydrogens (tertiary/aromatic N) is 2. The molecule has 5 heteroatoms. The van der Waals surface area contributed by atoms with E-state index in [2.05, 4.69) is 60.1 Å². The van der Waals surface area contributed by atoms with Crippen molar-refractivity contribution in [2.45, 2.75) is 82.5 Å². The summed E-state index contributed by atoms with van der Waals surface area (Å²) >= 11 is 0. The van der Waals surface area contributed by atoms with Gasteiger partial charge in [-0.1, -0.05) is 12.1 Å². The number of aromatic nitrogens is 1. The van der Waals surface area contributed by atoms with E-state index in [9.17, 15) is 9.90 Å². The van der Waals surface area contributed by atoms with Crippen molar-refractivity contribution < 1.29 is 9.90 Å². The molecule has 5 rings (SSSR count). The van der Waals surface area contributed by atoms with Crippen LogP contribution in [0, 0.1) is 5.92 Å². The van der Waals surface area contributed by atoms with Gasteiger partial charge in [0.25, 0.3) is 0 Å². The minimum atomic E-state index is -0.185. The SMILES string of the molecule is CC(C)n1cc2c3c(cccc31)[C@H]1C[C@@H](C(=O)NC3CCC(O)CC3)CN(C)[C@@H]1C2. The molecule has 1 aliphatic heterocycles. The second kappa shape index (κ2) is 7.69. The molecule has 2 N–H and O–H groups in total. The molecule has 2 heterocycles. The van der Waals surface area contributed by atoms with Crippen LogP contribution in [0.3, 0.4) is 0 Å². The Balaban J connectivity index is 1.40. The molecule has 3 atom stereocenters. The van der Waals surface area contributed by atoms with E-state index in [0.29, 0.717) is 18.0 Å². The van der Waals surface area contributed by atoms with Gasteiger partial charge in [-0.3, -0.25) is 4.79 Å². The number of likely N-dealkylation sites (N-methyl/N-ethyl adjacent to an activating group) is 1. The second-order valence-corrected chi connectivity index (χ2v) is 10.2. The Morgan fingerprint density at radius 1 is 1.20 bits per heavy atom. The van der Waals surface area contributed by atoms with E-state index in [-0.39, 0.29) is 24.0 Å². The van der Waals surface area contributed by atoms with Gasteiger partial charge in [0.2, 0.25) is 5.91 Å². The van der Waals surface area contributed by atoms with Gasteiger partial charge in [-0.05, 0) is 76.6 Å². The number of amides is 1. The van der Waals surface area contributed by atoms with Gasteiger partial charge in [0, 0.05) is 47.7 Å². The second-order valence-electron chi connectivity index (χ2n) is 10.2. The number of carbonyl (C=O) groups is 1. The smallest absolute Gasteiger partial charge is 0.224 e. The lowest BCUT2D eigenvalue weighted by molar-refractivity contribution is -0.128. The van der Waals surface area contributed by atoms with Gasteiger partial charge in [0.15, 0.2) is 0 Å². The highest BCUT2D eigenvalue weighted by Gasteiger charge is 2.42. The molecule has 0 unspecified atom stereocenters. The molecule has 2 fully saturated rings. The van der Waals surface area contributed by atoms with Crippen molar-refractivity contribution in [3.8, 4) is 0 Å². The van der Waals surface area contributed by atoms with E-state index >= 15 is 0 Å². The van der Waals surface area contributed by atoms with Crippen LogP contribution in [-0.4, -0.2) is 52.3 Å². The maximum absolute atomic E-state index is 13.1. The van der Waals surface area contributed by atoms with Gasteiger partial charge >= 0.3 is 0 Å². The van der Waals surface area contributed by atoms with Gasteiger partial charge in [0.1, 0.15) is 0 Å². The molecule has 0 bridgehead atoms. The van der Waals surface area contributed by atoms with Crippen molar-refractivity contribution in [2.24, 2.45) is 5.92 Å². The molecule has 2 aliphatic carbocycles. The highest BCUT2D eigenvalue weighted by atomic mass is 16.3. The van der Waals surface area contributed by atoms with Crippen molar-refractivity contribution in [1.82, 2.24) is 14.8 Å². The minimum Gasteiger partial charge on any atom is -0.393 e. The van der Waals surface area contributed by atoms with Crippen molar-refractivity contribution >= 4 is 16.8 Å². The minimum absolute atomic E-state index is 0.0343. The monoisotopic (exact) mass is 409 g/mol. The first kappa shape index (κ1) is 20.1. The number of nitrogens with one attached hydrogen (secondary N) is 1. The molecule has 1 saturated heterocycles. The van der Waals surface area contributed by atoms with Gasteiger partial charge < -0.3 is 19.9 Å². The summed E-state index contributed by atoms with van der Waals surface area (Å²) in [6.07, 6.45) is 7.58. The molecule has 0 radical (unpaired) electrons. The molecule has 30 heavy (non-hydrogen) atoms. The number of rotatable bonds is 3. The van der Waals surface area contributed by atoms with Gasteiger partial charge in [-0.25, -0.2) is 0 Å². The Morgan fingerprint density at radius 3 is 2.70 bits per heavy atom. The number of fused-ring (bicyclic) bond motifs is 2. The molecule has 1 aromatic heterocycles. The quantitative estimate of drug-likeness (QED) is 0.814. The van der Waals surface area contributed by atoms with Gasteiger partial charge in [0.05, 0.1) is 12.0 Å². The average Bonchev–Trinajstić information content (AvgIpc) is 3.10. The normalized spacial score (nSPS) is 31.7. The average molecular weight is 410 g/mol. The molecular weight excluding hydrogens is 374 g/mol. The fraction of sp³-hybridized carbons (Fsp3) is 0.640. The highest BCUT2D eigenvalue weighted by molar-refractivity contribution is 5.89. The predicted molar refractivity (Wildman–Crippen MR) is 120 cm³/mol. The summed E-state index contributed by atoms with van der Waals surface area (Å²) in [5.41, 5.74) is 4.24. The fourth-order valence-corrected chi connectivity index (χ4v) is 6.23. The third-order valence-electron chi connectivity index (χ3n) is 7.85. The Bertz CT molecular complexity index is 941. The lowest BCUT2D eigenvalue weighted by Crippen LogP contribution is -2.52. The maximum Gasteiger partial charge on any atom is 0.224 e. The number of aliphatic hydroxyl groups excluding tert-OH is 1. The third-order valence-corrected chi connectivity index (χ3v) is 7.85. The molecule has 1 saturated carbocycles. The first-order valence-corrected chi connectivity index (χ1v) is 11.7. The Morgan fingerprint density at radius 2 is 1.97 bits per heavy atom. The van der Waals surface area contributed by atoms with E-state index in [4.69, 9.17) is 0 Å². The van der Waals surface area contributed by atoms with E-state index in [1.54, 1.807) is 0 Å². The summed E-state index contributed by atoms with van der Waals surface area (Å²) in [5.74, 6) is 0.651. The van der Waals surface area contributed by atoms with Gasteiger partial charge in [-0.2, -0.15) is 0 Å². The van der Waals surface area contributed by atoms with E-state index in [1.165, 1.54) is 22.0 Å². The van der Waals surface area contributed by atoms with Crippen molar-refractivity contribution in [1.29, 1.82) is 0 Å². The molecule has 1 amide bonds. The van der Waals surface area contributed by atoms with Crippen LogP contribution in [-0.2, 0) is 11.2 Å². The summed E-state index contributed by atoms with van der Waals surface area (Å²) in [7, 11) is 2.19. The lowest BCUT2D eigenvalue weighted by atomic mass is 9.72. The van der Waals surface area contributed by atoms with Gasteiger partial charge in [-0.15, -0.1) is 0 Å². The van der Waals surface area contributed by atoms with Crippen LogP contribution in [0.4, 0.5) is 0 Å². The standard InChI is InChI=1S/C25H35N3O2/c1-15(2)28-14-16-12-23-21(20-5-4-6-22(28)24(16)20)11-17(13-27(23)3)25(30)26-18-7-9-19(29)10-8-18/h4-6,14-15,17-19,21,23,29H,7-13H2,1-3H3,(H,26,30)/t17-,18?,19?,21-,23-/m1/s1. The largest absolute Gasteiger partial charge is 0.393 e. The number of aliphatic hydroxyl groups is 1. The number of hydrogen-bond donors (Lipinski definition) is 2. The number of likely N-dealkylation sites (tertiary alicyclic amines) is 1. The summed E-state index contributed by atoms with van der Waals surface area (Å²) in [4.78, 5) is 15.6. The first-order chi connectivity index (χ1) is 14.4. The van der Waals surface area contributed by atoms with Crippen LogP contribution in [0.15, 0.2) is 24.4 Å². The van der Waals surface area contributed by atoms with Crippen LogP contribution in [0.1, 0.15) is 69.0 Å². The zero-order valence-corrected chi connectivity index (χ0v) is 18.5. The van der Waals surface area contributed by atoms with E-state index < -0.39 is 0 Å². The number of hydrogen-bond acceptors (Lipinski definition) is 3. The van der Waals surface area contributed by atoms with Crippen molar-refractivity contribution in [2.75, 3.05) is 13.6 Å². The van der Waals surface area contributed by atoms with Crippen LogP contribution in [0.5, 0.6) is 0 Å². The van der Waals surface area contributed by atoms with Crippen molar-refractivity contribution in [3.05, 3.63) is 35.5 Å². The zero-order valence-electron chi connectivity index (χ0n) is 18.5. The summed E-state index contributed by atoms with van der Waals surface area (Å²) in [5, 5.41) is 14.5. The fourth-order valence-electron chi connectivity index (χ4n) is 6.23. The Kier molecular flexibility index (Phi) is 5.14. The van der Waals surface area contributed by atoms with E-state index in [0.717, 1.165) is 45.1 Å². The van der Waals surface area contributed by atoms with Crippen LogP contribution >= 0.6 is 0 Å². The molecule has 162 valence electrons. The number of piperidine rings is 1. The highest BCUT2D eigenvalue weighted by Crippen LogP contribution is 2.45. The molecule has 2 aromatic rings. The van der Waals surface area contributed by atoms with E-state index in [1.807, 2.05) is 0 Å². The maximum atomic E-state index is 13.1.